The lowest BCUT2D eigenvalue weighted by molar-refractivity contribution is -0.129. The van der Waals surface area contributed by atoms with Crippen molar-refractivity contribution in [3.05, 3.63) is 29.3 Å². The summed E-state index contributed by atoms with van der Waals surface area (Å²) in [7, 11) is -3.53. The highest BCUT2D eigenvalue weighted by Gasteiger charge is 2.30. The molecule has 0 radical (unpaired) electrons. The number of sulfonamides is 1. The SMILES string of the molecule is CC(C)(C)SCC(=O)N1CCN(S(=O)(=O)c2ccc(Cl)cc2)CC1. The zero-order valence-electron chi connectivity index (χ0n) is 14.2. The quantitative estimate of drug-likeness (QED) is 0.793. The van der Waals surface area contributed by atoms with Gasteiger partial charge in [0.2, 0.25) is 15.9 Å². The minimum absolute atomic E-state index is 0.0371. The maximum Gasteiger partial charge on any atom is 0.243 e. The average molecular weight is 391 g/mol. The van der Waals surface area contributed by atoms with Gasteiger partial charge in [0, 0.05) is 35.9 Å². The predicted molar refractivity (Wildman–Crippen MR) is 99.0 cm³/mol. The van der Waals surface area contributed by atoms with Crippen LogP contribution in [0.1, 0.15) is 20.8 Å². The molecular formula is C16H23ClN2O3S2. The summed E-state index contributed by atoms with van der Waals surface area (Å²) in [6.45, 7) is 7.70. The number of nitrogens with zero attached hydrogens (tertiary/aromatic N) is 2. The van der Waals surface area contributed by atoms with Crippen LogP contribution in [0.2, 0.25) is 5.02 Å². The fourth-order valence-corrected chi connectivity index (χ4v) is 4.59. The Balaban J connectivity index is 1.94. The van der Waals surface area contributed by atoms with Gasteiger partial charge in [-0.05, 0) is 24.3 Å². The molecule has 1 aromatic rings. The Labute approximate surface area is 153 Å². The molecule has 0 aliphatic carbocycles. The van der Waals surface area contributed by atoms with Crippen molar-refractivity contribution in [2.45, 2.75) is 30.4 Å². The molecule has 24 heavy (non-hydrogen) atoms. The van der Waals surface area contributed by atoms with E-state index in [-0.39, 0.29) is 15.5 Å². The highest BCUT2D eigenvalue weighted by atomic mass is 35.5. The summed E-state index contributed by atoms with van der Waals surface area (Å²) < 4.78 is 26.7. The molecule has 0 spiro atoms. The summed E-state index contributed by atoms with van der Waals surface area (Å²) in [5.74, 6) is 0.492. The lowest BCUT2D eigenvalue weighted by Crippen LogP contribution is -2.51. The number of rotatable bonds is 4. The zero-order valence-corrected chi connectivity index (χ0v) is 16.5. The smallest absolute Gasteiger partial charge is 0.243 e. The number of halogens is 1. The van der Waals surface area contributed by atoms with E-state index in [1.165, 1.54) is 16.4 Å². The predicted octanol–water partition coefficient (Wildman–Crippen LogP) is 2.70. The van der Waals surface area contributed by atoms with Gasteiger partial charge in [-0.15, -0.1) is 11.8 Å². The van der Waals surface area contributed by atoms with Gasteiger partial charge in [-0.1, -0.05) is 32.4 Å². The minimum Gasteiger partial charge on any atom is -0.339 e. The normalized spacial score (nSPS) is 17.1. The Morgan fingerprint density at radius 2 is 1.67 bits per heavy atom. The van der Waals surface area contributed by atoms with Gasteiger partial charge in [0.1, 0.15) is 0 Å². The fourth-order valence-electron chi connectivity index (χ4n) is 2.30. The Morgan fingerprint density at radius 3 is 2.17 bits per heavy atom. The molecule has 0 saturated carbocycles. The summed E-state index contributed by atoms with van der Waals surface area (Å²) in [6, 6.07) is 6.15. The largest absolute Gasteiger partial charge is 0.339 e. The molecule has 0 unspecified atom stereocenters. The Kier molecular flexibility index (Phi) is 6.23. The van der Waals surface area contributed by atoms with Crippen molar-refractivity contribution in [1.82, 2.24) is 9.21 Å². The van der Waals surface area contributed by atoms with Crippen LogP contribution in [-0.2, 0) is 14.8 Å². The summed E-state index contributed by atoms with van der Waals surface area (Å²) in [4.78, 5) is 14.2. The van der Waals surface area contributed by atoms with E-state index in [1.807, 2.05) is 0 Å². The summed E-state index contributed by atoms with van der Waals surface area (Å²) in [5.41, 5.74) is 0. The Bertz CT molecular complexity index is 676. The van der Waals surface area contributed by atoms with Crippen molar-refractivity contribution in [1.29, 1.82) is 0 Å². The van der Waals surface area contributed by atoms with Crippen molar-refractivity contribution < 1.29 is 13.2 Å². The van der Waals surface area contributed by atoms with E-state index in [2.05, 4.69) is 20.8 Å². The molecule has 1 aromatic carbocycles. The molecule has 0 atom stereocenters. The fraction of sp³-hybridized carbons (Fsp3) is 0.562. The lowest BCUT2D eigenvalue weighted by atomic mass is 10.3. The number of carbonyl (C=O) groups is 1. The summed E-state index contributed by atoms with van der Waals surface area (Å²) in [5, 5.41) is 0.501. The lowest BCUT2D eigenvalue weighted by Gasteiger charge is -2.34. The van der Waals surface area contributed by atoms with Crippen molar-refractivity contribution in [2.24, 2.45) is 0 Å². The second-order valence-corrected chi connectivity index (χ2v) is 10.8. The van der Waals surface area contributed by atoms with Gasteiger partial charge in [-0.2, -0.15) is 4.31 Å². The maximum absolute atomic E-state index is 12.6. The number of hydrogen-bond acceptors (Lipinski definition) is 4. The topological polar surface area (TPSA) is 57.7 Å². The molecule has 134 valence electrons. The van der Waals surface area contributed by atoms with Crippen LogP contribution in [0.15, 0.2) is 29.2 Å². The van der Waals surface area contributed by atoms with Crippen LogP contribution >= 0.6 is 23.4 Å². The monoisotopic (exact) mass is 390 g/mol. The zero-order chi connectivity index (χ0) is 18.0. The average Bonchev–Trinajstić information content (AvgIpc) is 2.52. The van der Waals surface area contributed by atoms with Crippen molar-refractivity contribution >= 4 is 39.3 Å². The van der Waals surface area contributed by atoms with Crippen LogP contribution in [-0.4, -0.2) is 60.2 Å². The third-order valence-corrected chi connectivity index (χ3v) is 7.09. The van der Waals surface area contributed by atoms with E-state index < -0.39 is 10.0 Å². The van der Waals surface area contributed by atoms with Crippen LogP contribution in [0.25, 0.3) is 0 Å². The van der Waals surface area contributed by atoms with Crippen molar-refractivity contribution in [2.75, 3.05) is 31.9 Å². The molecule has 1 fully saturated rings. The first-order chi connectivity index (χ1) is 11.1. The van der Waals surface area contributed by atoms with Gasteiger partial charge in [0.05, 0.1) is 10.6 Å². The molecule has 1 amide bonds. The van der Waals surface area contributed by atoms with Crippen molar-refractivity contribution in [3.8, 4) is 0 Å². The van der Waals surface area contributed by atoms with E-state index in [0.717, 1.165) is 0 Å². The number of carbonyl (C=O) groups excluding carboxylic acids is 1. The Hall–Kier alpha value is -0.760. The number of benzene rings is 1. The second-order valence-electron chi connectivity index (χ2n) is 6.64. The standard InChI is InChI=1S/C16H23ClN2O3S2/c1-16(2,3)23-12-15(20)18-8-10-19(11-9-18)24(21,22)14-6-4-13(17)5-7-14/h4-7H,8-12H2,1-3H3. The molecule has 1 heterocycles. The van der Waals surface area contributed by atoms with Crippen LogP contribution in [0.5, 0.6) is 0 Å². The van der Waals surface area contributed by atoms with E-state index in [0.29, 0.717) is 37.0 Å². The molecule has 2 rings (SSSR count). The molecule has 1 saturated heterocycles. The number of thioether (sulfide) groups is 1. The number of hydrogen-bond donors (Lipinski definition) is 0. The van der Waals surface area contributed by atoms with E-state index in [1.54, 1.807) is 28.8 Å². The Morgan fingerprint density at radius 1 is 1.12 bits per heavy atom. The highest BCUT2D eigenvalue weighted by molar-refractivity contribution is 8.01. The molecule has 0 bridgehead atoms. The van der Waals surface area contributed by atoms with Gasteiger partial charge in [0.25, 0.3) is 0 Å². The first-order valence-electron chi connectivity index (χ1n) is 7.77. The van der Waals surface area contributed by atoms with Crippen LogP contribution in [0.4, 0.5) is 0 Å². The first-order valence-corrected chi connectivity index (χ1v) is 10.6. The third kappa shape index (κ3) is 5.12. The molecule has 1 aliphatic rings. The van der Waals surface area contributed by atoms with Gasteiger partial charge < -0.3 is 4.90 Å². The van der Waals surface area contributed by atoms with Gasteiger partial charge >= 0.3 is 0 Å². The molecule has 8 heteroatoms. The number of amides is 1. The molecule has 0 N–H and O–H groups in total. The minimum atomic E-state index is -3.53. The van der Waals surface area contributed by atoms with Crippen molar-refractivity contribution in [3.63, 3.8) is 0 Å². The highest BCUT2D eigenvalue weighted by Crippen LogP contribution is 2.24. The summed E-state index contributed by atoms with van der Waals surface area (Å²) in [6.07, 6.45) is 0. The molecule has 0 aromatic heterocycles. The van der Waals surface area contributed by atoms with E-state index in [9.17, 15) is 13.2 Å². The van der Waals surface area contributed by atoms with Gasteiger partial charge in [0.15, 0.2) is 0 Å². The van der Waals surface area contributed by atoms with E-state index in [4.69, 9.17) is 11.6 Å². The van der Waals surface area contributed by atoms with E-state index >= 15 is 0 Å². The van der Waals surface area contributed by atoms with Crippen LogP contribution in [0, 0.1) is 0 Å². The number of piperazine rings is 1. The second kappa shape index (κ2) is 7.64. The third-order valence-electron chi connectivity index (χ3n) is 3.67. The van der Waals surface area contributed by atoms with Gasteiger partial charge in [-0.25, -0.2) is 8.42 Å². The van der Waals surface area contributed by atoms with Crippen LogP contribution in [0.3, 0.4) is 0 Å². The van der Waals surface area contributed by atoms with Gasteiger partial charge in [-0.3, -0.25) is 4.79 Å². The molecule has 1 aliphatic heterocycles. The maximum atomic E-state index is 12.6. The first kappa shape index (κ1) is 19.6. The molecular weight excluding hydrogens is 368 g/mol. The summed E-state index contributed by atoms with van der Waals surface area (Å²) >= 11 is 7.41. The molecule has 5 nitrogen and oxygen atoms in total. The van der Waals surface area contributed by atoms with Crippen LogP contribution < -0.4 is 0 Å².